The Balaban J connectivity index is 2.14. The van der Waals surface area contributed by atoms with Gasteiger partial charge in [0.05, 0.1) is 6.04 Å². The summed E-state index contributed by atoms with van der Waals surface area (Å²) in [6.45, 7) is 6.97. The molecule has 0 aliphatic heterocycles. The molecule has 1 unspecified atom stereocenters. The average molecular weight is 308 g/mol. The summed E-state index contributed by atoms with van der Waals surface area (Å²) in [4.78, 5) is 14.2. The van der Waals surface area contributed by atoms with E-state index in [4.69, 9.17) is 10.6 Å². The molecule has 0 saturated heterocycles. The van der Waals surface area contributed by atoms with Crippen LogP contribution in [0.3, 0.4) is 0 Å². The Morgan fingerprint density at radius 2 is 2.14 bits per heavy atom. The van der Waals surface area contributed by atoms with Crippen molar-refractivity contribution in [2.75, 3.05) is 17.3 Å². The van der Waals surface area contributed by atoms with E-state index in [1.54, 1.807) is 17.4 Å². The lowest BCUT2D eigenvalue weighted by Gasteiger charge is -2.14. The molecule has 2 aromatic rings. The van der Waals surface area contributed by atoms with E-state index >= 15 is 0 Å². The molecule has 21 heavy (non-hydrogen) atoms. The minimum atomic E-state index is 0.0594. The first kappa shape index (κ1) is 15.6. The quantitative estimate of drug-likeness (QED) is 0.533. The van der Waals surface area contributed by atoms with Crippen molar-refractivity contribution in [1.82, 2.24) is 15.0 Å². The molecule has 4 N–H and O–H groups in total. The third-order valence-electron chi connectivity index (χ3n) is 2.73. The van der Waals surface area contributed by atoms with Crippen molar-refractivity contribution in [3.05, 3.63) is 28.0 Å². The highest BCUT2D eigenvalue weighted by atomic mass is 32.1. The van der Waals surface area contributed by atoms with Crippen molar-refractivity contribution in [3.8, 4) is 0 Å². The van der Waals surface area contributed by atoms with E-state index in [-0.39, 0.29) is 6.04 Å². The smallest absolute Gasteiger partial charge is 0.158 e. The maximum absolute atomic E-state index is 5.44. The van der Waals surface area contributed by atoms with Crippen molar-refractivity contribution >= 4 is 23.0 Å². The molecule has 0 amide bonds. The fourth-order valence-electron chi connectivity index (χ4n) is 1.76. The number of anilines is 2. The molecule has 0 aromatic carbocycles. The fourth-order valence-corrected chi connectivity index (χ4v) is 2.54. The summed E-state index contributed by atoms with van der Waals surface area (Å²) in [7, 11) is 0. The molecular formula is C13H20N6OS. The van der Waals surface area contributed by atoms with E-state index in [9.17, 15) is 0 Å². The Bertz CT molecular complexity index is 588. The lowest BCUT2D eigenvalue weighted by atomic mass is 10.3. The number of hydrazine groups is 1. The Hall–Kier alpha value is -1.77. The summed E-state index contributed by atoms with van der Waals surface area (Å²) in [6, 6.07) is 1.82. The zero-order chi connectivity index (χ0) is 15.2. The van der Waals surface area contributed by atoms with Crippen LogP contribution in [0.2, 0.25) is 0 Å². The number of nitrogens with one attached hydrogen (secondary N) is 2. The Kier molecular flexibility index (Phi) is 5.43. The van der Waals surface area contributed by atoms with Crippen LogP contribution in [0.4, 0.5) is 11.6 Å². The summed E-state index contributed by atoms with van der Waals surface area (Å²) in [5.74, 6) is 7.26. The summed E-state index contributed by atoms with van der Waals surface area (Å²) in [5, 5.41) is 4.32. The predicted molar refractivity (Wildman–Crippen MR) is 84.1 cm³/mol. The van der Waals surface area contributed by atoms with E-state index < -0.39 is 0 Å². The van der Waals surface area contributed by atoms with Gasteiger partial charge in [0.1, 0.15) is 23.3 Å². The monoisotopic (exact) mass is 308 g/mol. The molecule has 0 radical (unpaired) electrons. The van der Waals surface area contributed by atoms with Gasteiger partial charge in [-0.1, -0.05) is 0 Å². The van der Waals surface area contributed by atoms with Crippen molar-refractivity contribution in [3.63, 3.8) is 0 Å². The molecule has 8 heteroatoms. The first-order valence-electron chi connectivity index (χ1n) is 6.73. The van der Waals surface area contributed by atoms with Gasteiger partial charge in [0.15, 0.2) is 5.82 Å². The van der Waals surface area contributed by atoms with Crippen molar-refractivity contribution in [1.29, 1.82) is 0 Å². The number of aromatic nitrogens is 3. The second-order valence-electron chi connectivity index (χ2n) is 4.51. The molecule has 7 nitrogen and oxygen atoms in total. The van der Waals surface area contributed by atoms with E-state index in [0.717, 1.165) is 5.01 Å². The molecule has 2 heterocycles. The summed E-state index contributed by atoms with van der Waals surface area (Å²) < 4.78 is 5.34. The molecule has 0 spiro atoms. The largest absolute Gasteiger partial charge is 0.374 e. The standard InChI is InChI=1S/C13H20N6OS/c1-4-20-7-12-17-10(5-11(18-12)19-14)16-9(3)13-15-6-8(2)21-13/h5-6,9H,4,7,14H2,1-3H3,(H2,16,17,18,19). The zero-order valence-corrected chi connectivity index (χ0v) is 13.2. The van der Waals surface area contributed by atoms with E-state index in [1.807, 2.05) is 27.0 Å². The molecule has 0 aliphatic rings. The predicted octanol–water partition coefficient (Wildman–Crippen LogP) is 2.24. The van der Waals surface area contributed by atoms with Crippen molar-refractivity contribution in [2.45, 2.75) is 33.4 Å². The van der Waals surface area contributed by atoms with Crippen molar-refractivity contribution in [2.24, 2.45) is 5.84 Å². The summed E-state index contributed by atoms with van der Waals surface area (Å²) >= 11 is 1.66. The number of hydrogen-bond donors (Lipinski definition) is 3. The molecule has 1 atom stereocenters. The Morgan fingerprint density at radius 1 is 1.38 bits per heavy atom. The number of nitrogens with two attached hydrogens (primary N) is 1. The van der Waals surface area contributed by atoms with Gasteiger partial charge in [0.2, 0.25) is 0 Å². The molecule has 2 rings (SSSR count). The van der Waals surface area contributed by atoms with Crippen LogP contribution in [-0.4, -0.2) is 21.6 Å². The zero-order valence-electron chi connectivity index (χ0n) is 12.4. The average Bonchev–Trinajstić information content (AvgIpc) is 2.91. The molecule has 0 aliphatic carbocycles. The van der Waals surface area contributed by atoms with Crippen molar-refractivity contribution < 1.29 is 4.74 Å². The lowest BCUT2D eigenvalue weighted by Crippen LogP contribution is -2.14. The van der Waals surface area contributed by atoms with Crippen LogP contribution in [0.25, 0.3) is 0 Å². The highest BCUT2D eigenvalue weighted by Gasteiger charge is 2.12. The number of aryl methyl sites for hydroxylation is 1. The van der Waals surface area contributed by atoms with E-state index in [1.165, 1.54) is 4.88 Å². The Labute approximate surface area is 128 Å². The summed E-state index contributed by atoms with van der Waals surface area (Å²) in [6.07, 6.45) is 1.87. The molecule has 0 fully saturated rings. The molecule has 0 bridgehead atoms. The fraction of sp³-hybridized carbons (Fsp3) is 0.462. The highest BCUT2D eigenvalue weighted by molar-refractivity contribution is 7.11. The van der Waals surface area contributed by atoms with Gasteiger partial charge in [-0.2, -0.15) is 0 Å². The van der Waals surface area contributed by atoms with Gasteiger partial charge in [0, 0.05) is 23.7 Å². The number of rotatable bonds is 7. The van der Waals surface area contributed by atoms with Gasteiger partial charge in [-0.3, -0.25) is 0 Å². The normalized spacial score (nSPS) is 12.2. The van der Waals surface area contributed by atoms with Crippen LogP contribution >= 0.6 is 11.3 Å². The number of ether oxygens (including phenoxy) is 1. The van der Waals surface area contributed by atoms with Gasteiger partial charge in [-0.15, -0.1) is 11.3 Å². The SMILES string of the molecule is CCOCc1nc(NN)cc(NC(C)c2ncc(C)s2)n1. The molecule has 2 aromatic heterocycles. The number of nitrogens with zero attached hydrogens (tertiary/aromatic N) is 3. The third-order valence-corrected chi connectivity index (χ3v) is 3.83. The number of nitrogen functional groups attached to an aromatic ring is 1. The maximum atomic E-state index is 5.44. The number of hydrogen-bond acceptors (Lipinski definition) is 8. The van der Waals surface area contributed by atoms with Crippen LogP contribution in [0.5, 0.6) is 0 Å². The topological polar surface area (TPSA) is 98.0 Å². The first-order chi connectivity index (χ1) is 10.1. The first-order valence-corrected chi connectivity index (χ1v) is 7.55. The molecular weight excluding hydrogens is 288 g/mol. The maximum Gasteiger partial charge on any atom is 0.158 e. The van der Waals surface area contributed by atoms with Crippen LogP contribution in [0, 0.1) is 6.92 Å². The minimum absolute atomic E-state index is 0.0594. The second kappa shape index (κ2) is 7.30. The van der Waals surface area contributed by atoms with Crippen LogP contribution < -0.4 is 16.6 Å². The minimum Gasteiger partial charge on any atom is -0.374 e. The van der Waals surface area contributed by atoms with Gasteiger partial charge < -0.3 is 15.5 Å². The van der Waals surface area contributed by atoms with Gasteiger partial charge in [-0.05, 0) is 20.8 Å². The van der Waals surface area contributed by atoms with Crippen LogP contribution in [-0.2, 0) is 11.3 Å². The Morgan fingerprint density at radius 3 is 2.76 bits per heavy atom. The third kappa shape index (κ3) is 4.35. The van der Waals surface area contributed by atoms with E-state index in [2.05, 4.69) is 25.7 Å². The van der Waals surface area contributed by atoms with Gasteiger partial charge in [-0.25, -0.2) is 20.8 Å². The van der Waals surface area contributed by atoms with Gasteiger partial charge >= 0.3 is 0 Å². The molecule has 114 valence electrons. The van der Waals surface area contributed by atoms with Gasteiger partial charge in [0.25, 0.3) is 0 Å². The summed E-state index contributed by atoms with van der Waals surface area (Å²) in [5.41, 5.74) is 2.54. The van der Waals surface area contributed by atoms with E-state index in [0.29, 0.717) is 30.7 Å². The number of thiazole rings is 1. The second-order valence-corrected chi connectivity index (χ2v) is 5.78. The van der Waals surface area contributed by atoms with Crippen LogP contribution in [0.1, 0.15) is 35.6 Å². The van der Waals surface area contributed by atoms with Crippen LogP contribution in [0.15, 0.2) is 12.3 Å². The lowest BCUT2D eigenvalue weighted by molar-refractivity contribution is 0.128. The molecule has 0 saturated carbocycles. The highest BCUT2D eigenvalue weighted by Crippen LogP contribution is 2.23.